The summed E-state index contributed by atoms with van der Waals surface area (Å²) >= 11 is 7.27. The Kier molecular flexibility index (Phi) is 5.08. The molecule has 0 spiro atoms. The number of carbonyl (C=O) groups excluding carboxylic acids is 1. The maximum atomic E-state index is 11.5. The lowest BCUT2D eigenvalue weighted by atomic mass is 10.3. The summed E-state index contributed by atoms with van der Waals surface area (Å²) in [4.78, 5) is 14.2. The van der Waals surface area contributed by atoms with Crippen molar-refractivity contribution in [2.24, 2.45) is 0 Å². The van der Waals surface area contributed by atoms with Crippen LogP contribution in [0.5, 0.6) is 0 Å². The summed E-state index contributed by atoms with van der Waals surface area (Å²) in [5.74, 6) is 0.0496. The number of rotatable bonds is 5. The maximum Gasteiger partial charge on any atom is 0.222 e. The van der Waals surface area contributed by atoms with Gasteiger partial charge in [-0.05, 0) is 18.6 Å². The van der Waals surface area contributed by atoms with Crippen molar-refractivity contribution in [1.82, 2.24) is 4.90 Å². The molecule has 0 saturated carbocycles. The van der Waals surface area contributed by atoms with Crippen LogP contribution in [0.4, 0.5) is 0 Å². The Balaban J connectivity index is 2.41. The standard InChI is InChI=1S/C10H14ClNO2S/c1-12(10(14)3-2-6-13)7-8-4-5-9(11)15-8/h4-5,13H,2-3,6-7H2,1H3. The van der Waals surface area contributed by atoms with Crippen molar-refractivity contribution in [2.75, 3.05) is 13.7 Å². The van der Waals surface area contributed by atoms with Gasteiger partial charge in [-0.3, -0.25) is 4.79 Å². The first kappa shape index (κ1) is 12.5. The smallest absolute Gasteiger partial charge is 0.222 e. The fourth-order valence-electron chi connectivity index (χ4n) is 1.18. The van der Waals surface area contributed by atoms with Crippen molar-refractivity contribution in [3.63, 3.8) is 0 Å². The molecule has 1 heterocycles. The summed E-state index contributed by atoms with van der Waals surface area (Å²) < 4.78 is 0.737. The monoisotopic (exact) mass is 247 g/mol. The van der Waals surface area contributed by atoms with Crippen LogP contribution < -0.4 is 0 Å². The highest BCUT2D eigenvalue weighted by Crippen LogP contribution is 2.22. The molecule has 0 aliphatic heterocycles. The van der Waals surface area contributed by atoms with Gasteiger partial charge in [-0.2, -0.15) is 0 Å². The Morgan fingerprint density at radius 3 is 2.87 bits per heavy atom. The summed E-state index contributed by atoms with van der Waals surface area (Å²) in [5.41, 5.74) is 0. The van der Waals surface area contributed by atoms with Crippen molar-refractivity contribution in [3.8, 4) is 0 Å². The van der Waals surface area contributed by atoms with Crippen molar-refractivity contribution in [1.29, 1.82) is 0 Å². The first-order chi connectivity index (χ1) is 7.13. The summed E-state index contributed by atoms with van der Waals surface area (Å²) in [7, 11) is 1.76. The van der Waals surface area contributed by atoms with E-state index < -0.39 is 0 Å². The molecule has 0 bridgehead atoms. The molecule has 0 fully saturated rings. The molecule has 0 saturated heterocycles. The van der Waals surface area contributed by atoms with E-state index in [0.717, 1.165) is 9.21 Å². The van der Waals surface area contributed by atoms with Gasteiger partial charge in [-0.15, -0.1) is 11.3 Å². The van der Waals surface area contributed by atoms with Gasteiger partial charge >= 0.3 is 0 Å². The van der Waals surface area contributed by atoms with Crippen LogP contribution in [0.25, 0.3) is 0 Å². The first-order valence-electron chi connectivity index (χ1n) is 4.72. The van der Waals surface area contributed by atoms with Crippen LogP contribution in [-0.2, 0) is 11.3 Å². The number of hydrogen-bond donors (Lipinski definition) is 1. The highest BCUT2D eigenvalue weighted by atomic mass is 35.5. The van der Waals surface area contributed by atoms with Crippen LogP contribution in [-0.4, -0.2) is 29.6 Å². The molecule has 0 aliphatic rings. The number of halogens is 1. The highest BCUT2D eigenvalue weighted by Gasteiger charge is 2.09. The molecule has 3 nitrogen and oxygen atoms in total. The van der Waals surface area contributed by atoms with E-state index in [4.69, 9.17) is 16.7 Å². The fourth-order valence-corrected chi connectivity index (χ4v) is 2.32. The second kappa shape index (κ2) is 6.10. The van der Waals surface area contributed by atoms with E-state index >= 15 is 0 Å². The van der Waals surface area contributed by atoms with Gasteiger partial charge in [0.05, 0.1) is 10.9 Å². The maximum absolute atomic E-state index is 11.5. The molecule has 0 aromatic carbocycles. The van der Waals surface area contributed by atoms with Crippen LogP contribution in [0.15, 0.2) is 12.1 Å². The second-order valence-corrected chi connectivity index (χ2v) is 5.08. The van der Waals surface area contributed by atoms with E-state index in [1.807, 2.05) is 12.1 Å². The van der Waals surface area contributed by atoms with Crippen LogP contribution in [0, 0.1) is 0 Å². The van der Waals surface area contributed by atoms with Crippen LogP contribution >= 0.6 is 22.9 Å². The molecular formula is C10H14ClNO2S. The molecule has 1 rings (SSSR count). The highest BCUT2D eigenvalue weighted by molar-refractivity contribution is 7.16. The van der Waals surface area contributed by atoms with Crippen molar-refractivity contribution < 1.29 is 9.90 Å². The number of carbonyl (C=O) groups is 1. The van der Waals surface area contributed by atoms with Gasteiger partial charge in [0.1, 0.15) is 0 Å². The zero-order chi connectivity index (χ0) is 11.3. The average molecular weight is 248 g/mol. The molecule has 0 radical (unpaired) electrons. The molecule has 0 aliphatic carbocycles. The second-order valence-electron chi connectivity index (χ2n) is 3.28. The van der Waals surface area contributed by atoms with E-state index in [-0.39, 0.29) is 12.5 Å². The lowest BCUT2D eigenvalue weighted by Crippen LogP contribution is -2.25. The molecular weight excluding hydrogens is 234 g/mol. The lowest BCUT2D eigenvalue weighted by Gasteiger charge is -2.15. The van der Waals surface area contributed by atoms with E-state index in [0.29, 0.717) is 19.4 Å². The third-order valence-corrected chi connectivity index (χ3v) is 3.21. The summed E-state index contributed by atoms with van der Waals surface area (Å²) in [6, 6.07) is 3.75. The molecule has 0 atom stereocenters. The van der Waals surface area contributed by atoms with Gasteiger partial charge in [0.15, 0.2) is 0 Å². The summed E-state index contributed by atoms with van der Waals surface area (Å²) in [6.45, 7) is 0.645. The number of nitrogens with zero attached hydrogens (tertiary/aromatic N) is 1. The minimum atomic E-state index is 0.0496. The average Bonchev–Trinajstić information content (AvgIpc) is 2.60. The number of aliphatic hydroxyl groups excluding tert-OH is 1. The quantitative estimate of drug-likeness (QED) is 0.866. The van der Waals surface area contributed by atoms with Crippen molar-refractivity contribution >= 4 is 28.8 Å². The van der Waals surface area contributed by atoms with Crippen LogP contribution in [0.1, 0.15) is 17.7 Å². The molecule has 1 aromatic heterocycles. The Bertz CT molecular complexity index is 327. The van der Waals surface area contributed by atoms with Gasteiger partial charge in [0, 0.05) is 25.0 Å². The third-order valence-electron chi connectivity index (χ3n) is 2.00. The zero-order valence-corrected chi connectivity index (χ0v) is 10.1. The molecule has 15 heavy (non-hydrogen) atoms. The number of thiophene rings is 1. The Labute approximate surface area is 98.3 Å². The minimum absolute atomic E-state index is 0.0496. The van der Waals surface area contributed by atoms with Gasteiger partial charge in [0.2, 0.25) is 5.91 Å². The number of amides is 1. The van der Waals surface area contributed by atoms with Crippen LogP contribution in [0.2, 0.25) is 4.34 Å². The normalized spacial score (nSPS) is 10.3. The molecule has 84 valence electrons. The van der Waals surface area contributed by atoms with Gasteiger partial charge < -0.3 is 10.0 Å². The molecule has 1 amide bonds. The predicted molar refractivity (Wildman–Crippen MR) is 62.1 cm³/mol. The molecule has 1 N–H and O–H groups in total. The Morgan fingerprint density at radius 2 is 2.33 bits per heavy atom. The van der Waals surface area contributed by atoms with E-state index in [9.17, 15) is 4.79 Å². The Morgan fingerprint density at radius 1 is 1.60 bits per heavy atom. The third kappa shape index (κ3) is 4.20. The molecule has 5 heteroatoms. The van der Waals surface area contributed by atoms with E-state index in [1.165, 1.54) is 11.3 Å². The Hall–Kier alpha value is -0.580. The summed E-state index contributed by atoms with van der Waals surface area (Å²) in [6.07, 6.45) is 0.917. The van der Waals surface area contributed by atoms with Gasteiger partial charge in [0.25, 0.3) is 0 Å². The molecule has 1 aromatic rings. The van der Waals surface area contributed by atoms with Crippen molar-refractivity contribution in [2.45, 2.75) is 19.4 Å². The number of hydrogen-bond acceptors (Lipinski definition) is 3. The topological polar surface area (TPSA) is 40.5 Å². The SMILES string of the molecule is CN(Cc1ccc(Cl)s1)C(=O)CCCO. The van der Waals surface area contributed by atoms with Gasteiger partial charge in [-0.1, -0.05) is 11.6 Å². The largest absolute Gasteiger partial charge is 0.396 e. The van der Waals surface area contributed by atoms with Crippen molar-refractivity contribution in [3.05, 3.63) is 21.3 Å². The molecule has 0 unspecified atom stereocenters. The number of aliphatic hydroxyl groups is 1. The minimum Gasteiger partial charge on any atom is -0.396 e. The van der Waals surface area contributed by atoms with Crippen LogP contribution in [0.3, 0.4) is 0 Å². The van der Waals surface area contributed by atoms with E-state index in [1.54, 1.807) is 11.9 Å². The fraction of sp³-hybridized carbons (Fsp3) is 0.500. The zero-order valence-electron chi connectivity index (χ0n) is 8.57. The first-order valence-corrected chi connectivity index (χ1v) is 5.92. The van der Waals surface area contributed by atoms with E-state index in [2.05, 4.69) is 0 Å². The lowest BCUT2D eigenvalue weighted by molar-refractivity contribution is -0.130. The predicted octanol–water partition coefficient (Wildman–Crippen LogP) is 2.13. The van der Waals surface area contributed by atoms with Gasteiger partial charge in [-0.25, -0.2) is 0 Å². The summed E-state index contributed by atoms with van der Waals surface area (Å²) in [5, 5.41) is 8.60.